The summed E-state index contributed by atoms with van der Waals surface area (Å²) in [5.74, 6) is -3.17. The van der Waals surface area contributed by atoms with E-state index in [4.69, 9.17) is 5.11 Å². The normalized spacial score (nSPS) is 14.5. The molecule has 1 aliphatic carbocycles. The Bertz CT molecular complexity index is 657. The molecule has 144 valence electrons. The van der Waals surface area contributed by atoms with E-state index in [1.165, 1.54) is 10.9 Å². The van der Waals surface area contributed by atoms with Gasteiger partial charge in [-0.2, -0.15) is 13.2 Å². The standard InChI is InChI=1S/C12H15N3O3.C3H3F3O2/c1-12(4-5-12)14-11(18)9-2-6-15(13-8-9)7-3-10(16)17;1-8-2(7)3(4,5)6/h2,6,8H,3-5,7H2,1H3,(H-,14,16,17,18);1H3/p+1. The van der Waals surface area contributed by atoms with E-state index in [9.17, 15) is 27.6 Å². The quantitative estimate of drug-likeness (QED) is 0.581. The van der Waals surface area contributed by atoms with Crippen LogP contribution in [-0.4, -0.2) is 46.9 Å². The molecular formula is C15H19F3N3O5+. The summed E-state index contributed by atoms with van der Waals surface area (Å²) in [5.41, 5.74) is 0.446. The highest BCUT2D eigenvalue weighted by Crippen LogP contribution is 2.34. The number of nitrogens with zero attached hydrogens (tertiary/aromatic N) is 2. The summed E-state index contributed by atoms with van der Waals surface area (Å²) < 4.78 is 37.8. The van der Waals surface area contributed by atoms with Crippen molar-refractivity contribution >= 4 is 17.8 Å². The molecule has 0 aromatic carbocycles. The number of esters is 1. The maximum Gasteiger partial charge on any atom is 0.490 e. The first-order chi connectivity index (χ1) is 12.0. The van der Waals surface area contributed by atoms with Gasteiger partial charge in [0.25, 0.3) is 5.91 Å². The minimum atomic E-state index is -4.85. The fourth-order valence-corrected chi connectivity index (χ4v) is 1.64. The van der Waals surface area contributed by atoms with Gasteiger partial charge in [-0.25, -0.2) is 4.79 Å². The Labute approximate surface area is 147 Å². The summed E-state index contributed by atoms with van der Waals surface area (Å²) in [4.78, 5) is 31.7. The molecule has 0 spiro atoms. The second-order valence-electron chi connectivity index (χ2n) is 5.83. The van der Waals surface area contributed by atoms with Crippen LogP contribution in [0.1, 0.15) is 36.5 Å². The van der Waals surface area contributed by atoms with Gasteiger partial charge in [-0.1, -0.05) is 4.68 Å². The lowest BCUT2D eigenvalue weighted by atomic mass is 10.2. The second-order valence-corrected chi connectivity index (χ2v) is 5.83. The summed E-state index contributed by atoms with van der Waals surface area (Å²) in [7, 11) is 0.676. The molecule has 11 heteroatoms. The lowest BCUT2D eigenvalue weighted by Gasteiger charge is -2.10. The van der Waals surface area contributed by atoms with Crippen LogP contribution in [0.3, 0.4) is 0 Å². The molecule has 0 unspecified atom stereocenters. The number of carboxylic acid groups (broad SMARTS) is 1. The Morgan fingerprint density at radius 1 is 1.38 bits per heavy atom. The molecule has 1 aromatic rings. The first-order valence-corrected chi connectivity index (χ1v) is 7.52. The number of ether oxygens (including phenoxy) is 1. The molecule has 1 saturated carbocycles. The van der Waals surface area contributed by atoms with Crippen molar-refractivity contribution in [1.82, 2.24) is 10.4 Å². The minimum Gasteiger partial charge on any atom is -0.481 e. The van der Waals surface area contributed by atoms with Gasteiger partial charge in [-0.3, -0.25) is 9.59 Å². The molecule has 0 bridgehead atoms. The maximum absolute atomic E-state index is 11.8. The van der Waals surface area contributed by atoms with E-state index in [-0.39, 0.29) is 17.9 Å². The summed E-state index contributed by atoms with van der Waals surface area (Å²) in [6.07, 6.45) is 0.265. The zero-order valence-corrected chi connectivity index (χ0v) is 14.2. The number of methoxy groups -OCH3 is 1. The van der Waals surface area contributed by atoms with Crippen molar-refractivity contribution in [3.63, 3.8) is 0 Å². The predicted octanol–water partition coefficient (Wildman–Crippen LogP) is 0.848. The third-order valence-electron chi connectivity index (χ3n) is 3.42. The lowest BCUT2D eigenvalue weighted by molar-refractivity contribution is -0.753. The van der Waals surface area contributed by atoms with Crippen LogP contribution < -0.4 is 10.00 Å². The summed E-state index contributed by atoms with van der Waals surface area (Å²) >= 11 is 0. The smallest absolute Gasteiger partial charge is 0.481 e. The van der Waals surface area contributed by atoms with Crippen molar-refractivity contribution in [3.05, 3.63) is 24.0 Å². The largest absolute Gasteiger partial charge is 0.490 e. The molecule has 26 heavy (non-hydrogen) atoms. The number of aryl methyl sites for hydroxylation is 1. The van der Waals surface area contributed by atoms with E-state index in [1.54, 1.807) is 12.3 Å². The molecule has 2 rings (SSSR count). The highest BCUT2D eigenvalue weighted by molar-refractivity contribution is 5.94. The monoisotopic (exact) mass is 378 g/mol. The van der Waals surface area contributed by atoms with Gasteiger partial charge < -0.3 is 15.2 Å². The average molecular weight is 378 g/mol. The Balaban J connectivity index is 0.000000359. The van der Waals surface area contributed by atoms with Crippen LogP contribution in [0.5, 0.6) is 0 Å². The van der Waals surface area contributed by atoms with E-state index < -0.39 is 18.1 Å². The summed E-state index contributed by atoms with van der Waals surface area (Å²) in [6.45, 7) is 2.31. The Morgan fingerprint density at radius 2 is 2.00 bits per heavy atom. The molecule has 1 heterocycles. The third kappa shape index (κ3) is 7.45. The first-order valence-electron chi connectivity index (χ1n) is 7.52. The number of carbonyl (C=O) groups is 3. The first kappa shape index (κ1) is 21.3. The molecule has 8 nitrogen and oxygen atoms in total. The van der Waals surface area contributed by atoms with Gasteiger partial charge in [0.2, 0.25) is 0 Å². The van der Waals surface area contributed by atoms with Gasteiger partial charge in [0.05, 0.1) is 12.7 Å². The molecule has 2 N–H and O–H groups in total. The molecule has 0 atom stereocenters. The van der Waals surface area contributed by atoms with Crippen LogP contribution in [0.15, 0.2) is 18.5 Å². The number of amides is 1. The molecule has 1 aliphatic rings. The van der Waals surface area contributed by atoms with Gasteiger partial charge in [0.1, 0.15) is 12.6 Å². The lowest BCUT2D eigenvalue weighted by Crippen LogP contribution is -2.40. The van der Waals surface area contributed by atoms with Gasteiger partial charge in [-0.15, -0.1) is 0 Å². The summed E-state index contributed by atoms with van der Waals surface area (Å²) in [5, 5.41) is 15.5. The van der Waals surface area contributed by atoms with Gasteiger partial charge in [0, 0.05) is 11.6 Å². The number of nitrogens with one attached hydrogen (secondary N) is 1. The van der Waals surface area contributed by atoms with Gasteiger partial charge in [-0.05, 0) is 24.9 Å². The fraction of sp³-hybridized carbons (Fsp3) is 0.533. The van der Waals surface area contributed by atoms with E-state index >= 15 is 0 Å². The highest BCUT2D eigenvalue weighted by Gasteiger charge is 2.40. The van der Waals surface area contributed by atoms with E-state index in [2.05, 4.69) is 15.2 Å². The summed E-state index contributed by atoms with van der Waals surface area (Å²) in [6, 6.07) is 1.65. The number of aromatic nitrogens is 2. The minimum absolute atomic E-state index is 0.0152. The number of halogens is 3. The SMILES string of the molecule is CC1(NC(=O)c2cc[n+](CCC(=O)O)nc2)CC1.COC(=O)C(F)(F)F. The van der Waals surface area contributed by atoms with Crippen molar-refractivity contribution in [2.24, 2.45) is 0 Å². The topological polar surface area (TPSA) is 109 Å². The van der Waals surface area contributed by atoms with Crippen LogP contribution in [0.25, 0.3) is 0 Å². The van der Waals surface area contributed by atoms with Crippen molar-refractivity contribution in [2.45, 2.75) is 44.4 Å². The van der Waals surface area contributed by atoms with Crippen molar-refractivity contribution in [3.8, 4) is 0 Å². The zero-order chi connectivity index (χ0) is 20.0. The van der Waals surface area contributed by atoms with E-state index in [0.29, 0.717) is 19.2 Å². The zero-order valence-electron chi connectivity index (χ0n) is 14.2. The number of carboxylic acids is 1. The van der Waals surface area contributed by atoms with E-state index in [1.807, 2.05) is 6.92 Å². The third-order valence-corrected chi connectivity index (χ3v) is 3.42. The van der Waals surface area contributed by atoms with E-state index in [0.717, 1.165) is 12.8 Å². The number of hydrogen-bond donors (Lipinski definition) is 2. The molecule has 1 fully saturated rings. The number of rotatable bonds is 5. The van der Waals surface area contributed by atoms with Crippen LogP contribution in [0.2, 0.25) is 0 Å². The molecular weight excluding hydrogens is 359 g/mol. The van der Waals surface area contributed by atoms with Crippen LogP contribution in [0, 0.1) is 0 Å². The maximum atomic E-state index is 11.8. The van der Waals surface area contributed by atoms with Crippen LogP contribution in [0.4, 0.5) is 13.2 Å². The van der Waals surface area contributed by atoms with Crippen molar-refractivity contribution in [1.29, 1.82) is 0 Å². The fourth-order valence-electron chi connectivity index (χ4n) is 1.64. The van der Waals surface area contributed by atoms with Crippen molar-refractivity contribution < 1.29 is 42.1 Å². The molecule has 0 radical (unpaired) electrons. The molecule has 0 saturated heterocycles. The number of aliphatic carboxylic acids is 1. The number of alkyl halides is 3. The van der Waals surface area contributed by atoms with Gasteiger partial charge >= 0.3 is 18.1 Å². The Kier molecular flexibility index (Phi) is 7.04. The molecule has 1 amide bonds. The Hall–Kier alpha value is -2.72. The van der Waals surface area contributed by atoms with Crippen molar-refractivity contribution in [2.75, 3.05) is 7.11 Å². The van der Waals surface area contributed by atoms with Crippen LogP contribution >= 0.6 is 0 Å². The molecule has 0 aliphatic heterocycles. The average Bonchev–Trinajstić information content (AvgIpc) is 3.29. The Morgan fingerprint density at radius 3 is 2.35 bits per heavy atom. The number of carbonyl (C=O) groups excluding carboxylic acids is 2. The van der Waals surface area contributed by atoms with Crippen LogP contribution in [-0.2, 0) is 20.9 Å². The van der Waals surface area contributed by atoms with Gasteiger partial charge in [0.15, 0.2) is 12.7 Å². The second kappa shape index (κ2) is 8.59. The number of hydrogen-bond acceptors (Lipinski definition) is 5. The predicted molar refractivity (Wildman–Crippen MR) is 79.9 cm³/mol. The molecule has 1 aromatic heterocycles. The highest BCUT2D eigenvalue weighted by atomic mass is 19.4.